The molecule has 0 bridgehead atoms. The minimum absolute atomic E-state index is 0.143. The number of anilines is 1. The van der Waals surface area contributed by atoms with Gasteiger partial charge in [0.05, 0.1) is 10.7 Å². The van der Waals surface area contributed by atoms with E-state index in [1.807, 2.05) is 7.05 Å². The van der Waals surface area contributed by atoms with Crippen molar-refractivity contribution in [2.75, 3.05) is 25.5 Å². The molecule has 0 fully saturated rings. The maximum atomic E-state index is 12.8. The fourth-order valence-electron chi connectivity index (χ4n) is 3.08. The zero-order valence-electron chi connectivity index (χ0n) is 17.4. The van der Waals surface area contributed by atoms with E-state index in [2.05, 4.69) is 41.0 Å². The first kappa shape index (κ1) is 22.8. The Kier molecular flexibility index (Phi) is 6.91. The molecule has 33 heavy (non-hydrogen) atoms. The summed E-state index contributed by atoms with van der Waals surface area (Å²) in [5, 5.41) is 12.0. The third-order valence-electron chi connectivity index (χ3n) is 4.75. The van der Waals surface area contributed by atoms with Gasteiger partial charge in [0.15, 0.2) is 10.8 Å². The second-order valence-corrected chi connectivity index (χ2v) is 8.74. The van der Waals surface area contributed by atoms with E-state index in [4.69, 9.17) is 16.1 Å². The predicted molar refractivity (Wildman–Crippen MR) is 118 cm³/mol. The maximum Gasteiger partial charge on any atom is 0.314 e. The molecule has 1 atom stereocenters. The van der Waals surface area contributed by atoms with Gasteiger partial charge in [-0.2, -0.15) is 4.98 Å². The minimum atomic E-state index is -0.931. The van der Waals surface area contributed by atoms with E-state index in [1.165, 1.54) is 29.7 Å². The lowest BCUT2D eigenvalue weighted by Crippen LogP contribution is -2.42. The molecule has 1 aliphatic rings. The van der Waals surface area contributed by atoms with Gasteiger partial charge in [-0.3, -0.25) is 14.4 Å². The number of hydrogen-bond donors (Lipinski definition) is 3. The van der Waals surface area contributed by atoms with Gasteiger partial charge < -0.3 is 25.4 Å². The number of carbonyl (C=O) groups is 3. The summed E-state index contributed by atoms with van der Waals surface area (Å²) in [5.74, 6) is -1.98. The largest absolute Gasteiger partial charge is 0.345 e. The summed E-state index contributed by atoms with van der Waals surface area (Å²) in [7, 11) is 2.01. The molecular formula is C19H19ClN8O4S. The van der Waals surface area contributed by atoms with E-state index in [-0.39, 0.29) is 18.2 Å². The van der Waals surface area contributed by atoms with Gasteiger partial charge >= 0.3 is 11.8 Å². The predicted octanol–water partition coefficient (Wildman–Crippen LogP) is 0.788. The molecule has 3 N–H and O–H groups in total. The summed E-state index contributed by atoms with van der Waals surface area (Å²) in [5.41, 5.74) is 0.917. The van der Waals surface area contributed by atoms with Crippen LogP contribution < -0.4 is 16.0 Å². The highest BCUT2D eigenvalue weighted by molar-refractivity contribution is 7.13. The molecule has 0 saturated carbocycles. The lowest BCUT2D eigenvalue weighted by Gasteiger charge is -2.20. The first-order valence-electron chi connectivity index (χ1n) is 9.84. The van der Waals surface area contributed by atoms with Crippen molar-refractivity contribution in [3.63, 3.8) is 0 Å². The Balaban J connectivity index is 1.38. The summed E-state index contributed by atoms with van der Waals surface area (Å²) in [6.45, 7) is 1.46. The summed E-state index contributed by atoms with van der Waals surface area (Å²) in [4.78, 5) is 52.7. The molecule has 0 aliphatic carbocycles. The molecule has 1 aliphatic heterocycles. The number of fused-ring (bicyclic) bond motifs is 1. The van der Waals surface area contributed by atoms with E-state index in [9.17, 15) is 14.4 Å². The van der Waals surface area contributed by atoms with Crippen LogP contribution in [0.3, 0.4) is 0 Å². The number of halogens is 1. The molecule has 3 aromatic rings. The summed E-state index contributed by atoms with van der Waals surface area (Å²) < 4.78 is 4.76. The van der Waals surface area contributed by atoms with Crippen molar-refractivity contribution >= 4 is 46.5 Å². The van der Waals surface area contributed by atoms with Crippen molar-refractivity contribution in [3.05, 3.63) is 51.1 Å². The van der Waals surface area contributed by atoms with Crippen LogP contribution in [0.15, 0.2) is 29.2 Å². The average molecular weight is 491 g/mol. The number of amides is 3. The molecule has 4 rings (SSSR count). The van der Waals surface area contributed by atoms with E-state index in [0.29, 0.717) is 10.0 Å². The van der Waals surface area contributed by atoms with Crippen molar-refractivity contribution in [2.24, 2.45) is 0 Å². The second-order valence-electron chi connectivity index (χ2n) is 7.22. The fraction of sp³-hybridized carbons (Fsp3) is 0.316. The first-order chi connectivity index (χ1) is 15.9. The van der Waals surface area contributed by atoms with Gasteiger partial charge in [0, 0.05) is 37.1 Å². The quantitative estimate of drug-likeness (QED) is 0.425. The van der Waals surface area contributed by atoms with Gasteiger partial charge in [-0.25, -0.2) is 9.97 Å². The lowest BCUT2D eigenvalue weighted by atomic mass is 10.2. The lowest BCUT2D eigenvalue weighted by molar-refractivity contribution is -0.136. The van der Waals surface area contributed by atoms with E-state index >= 15 is 0 Å². The van der Waals surface area contributed by atoms with Crippen LogP contribution in [-0.4, -0.2) is 62.9 Å². The molecule has 0 unspecified atom stereocenters. The average Bonchev–Trinajstić information content (AvgIpc) is 3.47. The fourth-order valence-corrected chi connectivity index (χ4v) is 4.28. The molecule has 0 aromatic carbocycles. The van der Waals surface area contributed by atoms with Gasteiger partial charge in [0.1, 0.15) is 11.9 Å². The topological polar surface area (TPSA) is 155 Å². The van der Waals surface area contributed by atoms with Crippen molar-refractivity contribution < 1.29 is 18.9 Å². The molecule has 12 nitrogen and oxygen atoms in total. The Morgan fingerprint density at radius 2 is 2.12 bits per heavy atom. The zero-order chi connectivity index (χ0) is 23.4. The SMILES string of the molecule is CN1CCc2nc(C(=O)N[C@@H](CNC(=O)C(=O)Nc3ccc(Cl)cn3)c3ncon3)sc2C1. The molecule has 3 amide bonds. The Morgan fingerprint density at radius 3 is 2.85 bits per heavy atom. The number of aromatic nitrogens is 4. The smallest absolute Gasteiger partial charge is 0.314 e. The number of rotatable bonds is 6. The molecule has 3 aromatic heterocycles. The number of likely N-dealkylation sites (N-methyl/N-ethyl adjacent to an activating group) is 1. The molecule has 14 heteroatoms. The highest BCUT2D eigenvalue weighted by Crippen LogP contribution is 2.24. The summed E-state index contributed by atoms with van der Waals surface area (Å²) in [6.07, 6.45) is 3.22. The monoisotopic (exact) mass is 490 g/mol. The zero-order valence-corrected chi connectivity index (χ0v) is 18.9. The number of carbonyl (C=O) groups excluding carboxylic acids is 3. The van der Waals surface area contributed by atoms with E-state index < -0.39 is 23.8 Å². The number of nitrogens with zero attached hydrogens (tertiary/aromatic N) is 5. The van der Waals surface area contributed by atoms with Gasteiger partial charge in [0.25, 0.3) is 5.91 Å². The third-order valence-corrected chi connectivity index (χ3v) is 6.06. The van der Waals surface area contributed by atoms with Gasteiger partial charge in [-0.1, -0.05) is 16.8 Å². The van der Waals surface area contributed by atoms with E-state index in [1.54, 1.807) is 0 Å². The Hall–Kier alpha value is -3.42. The number of pyridine rings is 1. The maximum absolute atomic E-state index is 12.8. The number of thiazole rings is 1. The molecule has 4 heterocycles. The molecule has 0 radical (unpaired) electrons. The summed E-state index contributed by atoms with van der Waals surface area (Å²) >= 11 is 7.07. The third kappa shape index (κ3) is 5.69. The highest BCUT2D eigenvalue weighted by atomic mass is 35.5. The molecular weight excluding hydrogens is 472 g/mol. The van der Waals surface area contributed by atoms with Crippen molar-refractivity contribution in [1.29, 1.82) is 0 Å². The first-order valence-corrected chi connectivity index (χ1v) is 11.0. The Labute approximate surface area is 196 Å². The Morgan fingerprint density at radius 1 is 1.27 bits per heavy atom. The second kappa shape index (κ2) is 10.0. The highest BCUT2D eigenvalue weighted by Gasteiger charge is 2.26. The number of hydrogen-bond acceptors (Lipinski definition) is 10. The van der Waals surface area contributed by atoms with Gasteiger partial charge in [-0.05, 0) is 19.2 Å². The number of nitrogens with one attached hydrogen (secondary N) is 3. The van der Waals surface area contributed by atoms with Crippen LogP contribution in [0.5, 0.6) is 0 Å². The van der Waals surface area contributed by atoms with Crippen molar-refractivity contribution in [3.8, 4) is 0 Å². The standard InChI is InChI=1S/C19H19ClN8O4S/c1-28-5-4-11-13(8-28)33-19(25-11)18(31)24-12(15-23-9-32-27-15)7-22-16(29)17(30)26-14-3-2-10(20)6-21-14/h2-3,6,9,12H,4-5,7-8H2,1H3,(H,22,29)(H,24,31)(H,21,26,30)/t12-/m0/s1. The van der Waals surface area contributed by atoms with Crippen LogP contribution in [0.1, 0.15) is 32.2 Å². The van der Waals surface area contributed by atoms with Crippen LogP contribution >= 0.6 is 22.9 Å². The van der Waals surface area contributed by atoms with Crippen LogP contribution in [0.2, 0.25) is 5.02 Å². The summed E-state index contributed by atoms with van der Waals surface area (Å²) in [6, 6.07) is 2.14. The van der Waals surface area contributed by atoms with Crippen LogP contribution in [0.4, 0.5) is 5.82 Å². The van der Waals surface area contributed by atoms with Crippen molar-refractivity contribution in [1.82, 2.24) is 35.6 Å². The van der Waals surface area contributed by atoms with Crippen molar-refractivity contribution in [2.45, 2.75) is 19.0 Å². The normalized spacial score (nSPS) is 14.2. The molecule has 172 valence electrons. The molecule has 0 spiro atoms. The van der Waals surface area contributed by atoms with Gasteiger partial charge in [0.2, 0.25) is 6.39 Å². The van der Waals surface area contributed by atoms with Crippen LogP contribution in [-0.2, 0) is 22.6 Å². The van der Waals surface area contributed by atoms with Crippen LogP contribution in [0.25, 0.3) is 0 Å². The molecule has 0 saturated heterocycles. The van der Waals surface area contributed by atoms with Gasteiger partial charge in [-0.15, -0.1) is 11.3 Å². The minimum Gasteiger partial charge on any atom is -0.345 e. The van der Waals surface area contributed by atoms with E-state index in [0.717, 1.165) is 36.5 Å². The van der Waals surface area contributed by atoms with Crippen LogP contribution in [0, 0.1) is 0 Å². The Bertz CT molecular complexity index is 1150.